The normalized spacial score (nSPS) is 22.3. The van der Waals surface area contributed by atoms with Crippen LogP contribution in [0.3, 0.4) is 0 Å². The molecule has 4 heteroatoms. The Morgan fingerprint density at radius 2 is 2.19 bits per heavy atom. The number of furan rings is 1. The molecule has 0 bridgehead atoms. The molecule has 21 heavy (non-hydrogen) atoms. The molecule has 0 amide bonds. The maximum absolute atomic E-state index is 10.0. The highest BCUT2D eigenvalue weighted by molar-refractivity contribution is 5.26. The van der Waals surface area contributed by atoms with Gasteiger partial charge < -0.3 is 19.6 Å². The van der Waals surface area contributed by atoms with E-state index in [2.05, 4.69) is 33.0 Å². The topological polar surface area (TPSA) is 54.6 Å². The summed E-state index contributed by atoms with van der Waals surface area (Å²) >= 11 is 0. The van der Waals surface area contributed by atoms with E-state index >= 15 is 0 Å². The van der Waals surface area contributed by atoms with E-state index in [0.717, 1.165) is 18.6 Å². The van der Waals surface area contributed by atoms with Crippen molar-refractivity contribution in [2.45, 2.75) is 52.7 Å². The van der Waals surface area contributed by atoms with Crippen molar-refractivity contribution < 1.29 is 14.3 Å². The summed E-state index contributed by atoms with van der Waals surface area (Å²) in [6, 6.07) is 2.30. The second-order valence-corrected chi connectivity index (χ2v) is 7.39. The Bertz CT molecular complexity index is 439. The predicted octanol–water partition coefficient (Wildman–Crippen LogP) is 2.92. The van der Waals surface area contributed by atoms with Crippen LogP contribution in [0.4, 0.5) is 0 Å². The summed E-state index contributed by atoms with van der Waals surface area (Å²) in [6.45, 7) is 10.4. The molecule has 0 saturated heterocycles. The standard InChI is InChI=1S/C17H29NO3/c1-12(2)10-20-11-13(19)9-18-15-7-17(3,4)8-16-14(15)5-6-21-16/h5-6,12-13,15,18-19H,7-11H2,1-4H3. The third kappa shape index (κ3) is 4.83. The van der Waals surface area contributed by atoms with E-state index in [4.69, 9.17) is 9.15 Å². The van der Waals surface area contributed by atoms with E-state index in [1.807, 2.05) is 6.07 Å². The Balaban J connectivity index is 1.83. The van der Waals surface area contributed by atoms with E-state index in [1.165, 1.54) is 5.56 Å². The third-order valence-electron chi connectivity index (χ3n) is 3.91. The summed E-state index contributed by atoms with van der Waals surface area (Å²) in [7, 11) is 0. The molecule has 1 aliphatic carbocycles. The summed E-state index contributed by atoms with van der Waals surface area (Å²) in [6.07, 6.45) is 3.33. The molecule has 4 nitrogen and oxygen atoms in total. The van der Waals surface area contributed by atoms with Crippen molar-refractivity contribution >= 4 is 0 Å². The molecule has 2 unspecified atom stereocenters. The summed E-state index contributed by atoms with van der Waals surface area (Å²) in [4.78, 5) is 0. The average Bonchev–Trinajstić information content (AvgIpc) is 2.81. The molecular weight excluding hydrogens is 266 g/mol. The van der Waals surface area contributed by atoms with Gasteiger partial charge in [-0.15, -0.1) is 0 Å². The molecule has 0 radical (unpaired) electrons. The highest BCUT2D eigenvalue weighted by Crippen LogP contribution is 2.41. The van der Waals surface area contributed by atoms with Gasteiger partial charge >= 0.3 is 0 Å². The van der Waals surface area contributed by atoms with Crippen molar-refractivity contribution in [2.24, 2.45) is 11.3 Å². The first kappa shape index (κ1) is 16.5. The van der Waals surface area contributed by atoms with Gasteiger partial charge in [0.2, 0.25) is 0 Å². The van der Waals surface area contributed by atoms with E-state index in [1.54, 1.807) is 6.26 Å². The number of nitrogens with one attached hydrogen (secondary N) is 1. The lowest BCUT2D eigenvalue weighted by Crippen LogP contribution is -2.38. The van der Waals surface area contributed by atoms with E-state index in [9.17, 15) is 5.11 Å². The molecular formula is C17H29NO3. The van der Waals surface area contributed by atoms with Gasteiger partial charge in [0, 0.05) is 31.2 Å². The molecule has 0 spiro atoms. The highest BCUT2D eigenvalue weighted by Gasteiger charge is 2.34. The lowest BCUT2D eigenvalue weighted by molar-refractivity contribution is 0.0239. The zero-order chi connectivity index (χ0) is 15.5. The Labute approximate surface area is 127 Å². The van der Waals surface area contributed by atoms with Crippen LogP contribution in [0.1, 0.15) is 51.5 Å². The zero-order valence-electron chi connectivity index (χ0n) is 13.7. The molecule has 1 aromatic heterocycles. The summed E-state index contributed by atoms with van der Waals surface area (Å²) in [5.41, 5.74) is 1.46. The van der Waals surface area contributed by atoms with E-state index in [0.29, 0.717) is 25.7 Å². The number of rotatable bonds is 7. The lowest BCUT2D eigenvalue weighted by Gasteiger charge is -2.35. The Kier molecular flexibility index (Phi) is 5.47. The smallest absolute Gasteiger partial charge is 0.109 e. The van der Waals surface area contributed by atoms with Crippen molar-refractivity contribution in [1.82, 2.24) is 5.32 Å². The van der Waals surface area contributed by atoms with Crippen molar-refractivity contribution in [2.75, 3.05) is 19.8 Å². The third-order valence-corrected chi connectivity index (χ3v) is 3.91. The monoisotopic (exact) mass is 295 g/mol. The minimum Gasteiger partial charge on any atom is -0.469 e. The van der Waals surface area contributed by atoms with Gasteiger partial charge in [0.25, 0.3) is 0 Å². The van der Waals surface area contributed by atoms with Gasteiger partial charge in [-0.05, 0) is 23.8 Å². The van der Waals surface area contributed by atoms with Gasteiger partial charge in [-0.25, -0.2) is 0 Å². The fraction of sp³-hybridized carbons (Fsp3) is 0.765. The molecule has 1 aromatic rings. The predicted molar refractivity (Wildman–Crippen MR) is 83.2 cm³/mol. The second-order valence-electron chi connectivity index (χ2n) is 7.39. The Morgan fingerprint density at radius 3 is 2.90 bits per heavy atom. The van der Waals surface area contributed by atoms with Crippen molar-refractivity contribution in [3.05, 3.63) is 23.7 Å². The number of aliphatic hydroxyl groups is 1. The van der Waals surface area contributed by atoms with Crippen molar-refractivity contribution in [1.29, 1.82) is 0 Å². The summed E-state index contributed by atoms with van der Waals surface area (Å²) in [5.74, 6) is 1.58. The minimum atomic E-state index is -0.468. The fourth-order valence-electron chi connectivity index (χ4n) is 2.93. The van der Waals surface area contributed by atoms with Crippen molar-refractivity contribution in [3.63, 3.8) is 0 Å². The Morgan fingerprint density at radius 1 is 1.43 bits per heavy atom. The van der Waals surface area contributed by atoms with Gasteiger partial charge in [0.1, 0.15) is 5.76 Å². The average molecular weight is 295 g/mol. The summed E-state index contributed by atoms with van der Waals surface area (Å²) in [5, 5.41) is 13.5. The van der Waals surface area contributed by atoms with Gasteiger partial charge in [-0.1, -0.05) is 27.7 Å². The summed E-state index contributed by atoms with van der Waals surface area (Å²) < 4.78 is 11.1. The quantitative estimate of drug-likeness (QED) is 0.812. The van der Waals surface area contributed by atoms with Crippen LogP contribution in [-0.2, 0) is 11.2 Å². The number of hydrogen-bond acceptors (Lipinski definition) is 4. The molecule has 2 atom stereocenters. The van der Waals surface area contributed by atoms with Crippen molar-refractivity contribution in [3.8, 4) is 0 Å². The first-order valence-electron chi connectivity index (χ1n) is 7.93. The van der Waals surface area contributed by atoms with Gasteiger partial charge in [-0.3, -0.25) is 0 Å². The molecule has 2 N–H and O–H groups in total. The molecule has 1 heterocycles. The van der Waals surface area contributed by atoms with Crippen LogP contribution in [0.2, 0.25) is 0 Å². The molecule has 0 fully saturated rings. The fourth-order valence-corrected chi connectivity index (χ4v) is 2.93. The van der Waals surface area contributed by atoms with Crippen LogP contribution >= 0.6 is 0 Å². The van der Waals surface area contributed by atoms with Gasteiger partial charge in [0.05, 0.1) is 19.0 Å². The van der Waals surface area contributed by atoms with E-state index in [-0.39, 0.29) is 11.5 Å². The second kappa shape index (κ2) is 6.95. The number of ether oxygens (including phenoxy) is 1. The minimum absolute atomic E-state index is 0.224. The molecule has 0 aromatic carbocycles. The number of hydrogen-bond donors (Lipinski definition) is 2. The molecule has 0 aliphatic heterocycles. The molecule has 0 saturated carbocycles. The van der Waals surface area contributed by atoms with Crippen LogP contribution < -0.4 is 5.32 Å². The largest absolute Gasteiger partial charge is 0.469 e. The first-order chi connectivity index (χ1) is 9.87. The first-order valence-corrected chi connectivity index (χ1v) is 7.93. The van der Waals surface area contributed by atoms with Crippen LogP contribution in [0.15, 0.2) is 16.7 Å². The van der Waals surface area contributed by atoms with Gasteiger partial charge in [0.15, 0.2) is 0 Å². The van der Waals surface area contributed by atoms with E-state index < -0.39 is 6.10 Å². The lowest BCUT2D eigenvalue weighted by atomic mass is 9.75. The van der Waals surface area contributed by atoms with Crippen LogP contribution in [0.5, 0.6) is 0 Å². The van der Waals surface area contributed by atoms with Gasteiger partial charge in [-0.2, -0.15) is 0 Å². The Hall–Kier alpha value is -0.840. The maximum Gasteiger partial charge on any atom is 0.109 e. The SMILES string of the molecule is CC(C)COCC(O)CNC1CC(C)(C)Cc2occc21. The number of fused-ring (bicyclic) bond motifs is 1. The van der Waals surface area contributed by atoms with Crippen LogP contribution in [-0.4, -0.2) is 31.0 Å². The highest BCUT2D eigenvalue weighted by atomic mass is 16.5. The zero-order valence-corrected chi connectivity index (χ0v) is 13.7. The van der Waals surface area contributed by atoms with Crippen LogP contribution in [0, 0.1) is 11.3 Å². The molecule has 2 rings (SSSR count). The van der Waals surface area contributed by atoms with Crippen LogP contribution in [0.25, 0.3) is 0 Å². The molecule has 120 valence electrons. The molecule has 1 aliphatic rings. The maximum atomic E-state index is 10.0. The number of aliphatic hydroxyl groups excluding tert-OH is 1.